The fraction of sp³-hybridized carbons (Fsp3) is 0.633. The van der Waals surface area contributed by atoms with Gasteiger partial charge in [0.05, 0.1) is 6.61 Å². The monoisotopic (exact) mass is 482 g/mol. The average molecular weight is 483 g/mol. The first-order chi connectivity index (χ1) is 17.0. The summed E-state index contributed by atoms with van der Waals surface area (Å²) in [6.07, 6.45) is 24.4. The molecule has 0 N–H and O–H groups in total. The van der Waals surface area contributed by atoms with Gasteiger partial charge < -0.3 is 14.5 Å². The fourth-order valence-corrected chi connectivity index (χ4v) is 4.45. The lowest BCUT2D eigenvalue weighted by Crippen LogP contribution is -2.46. The van der Waals surface area contributed by atoms with Gasteiger partial charge in [-0.05, 0) is 52.2 Å². The molecule has 0 aromatic rings. The molecule has 35 heavy (non-hydrogen) atoms. The summed E-state index contributed by atoms with van der Waals surface area (Å²) >= 11 is 0. The maximum Gasteiger partial charge on any atom is 0.0646 e. The molecule has 2 aliphatic heterocycles. The second-order valence-corrected chi connectivity index (χ2v) is 9.47. The van der Waals surface area contributed by atoms with E-state index in [0.717, 1.165) is 52.0 Å². The summed E-state index contributed by atoms with van der Waals surface area (Å²) in [4.78, 5) is 12.8. The third-order valence-corrected chi connectivity index (χ3v) is 6.54. The van der Waals surface area contributed by atoms with Gasteiger partial charge in [-0.1, -0.05) is 43.2 Å². The van der Waals surface area contributed by atoms with Crippen LogP contribution in [-0.2, 0) is 4.74 Å². The van der Waals surface area contributed by atoms with Crippen LogP contribution in [0.3, 0.4) is 0 Å². The minimum absolute atomic E-state index is 0.673. The van der Waals surface area contributed by atoms with Crippen molar-refractivity contribution in [3.05, 3.63) is 47.3 Å². The Morgan fingerprint density at radius 3 is 2.23 bits per heavy atom. The average Bonchev–Trinajstić information content (AvgIpc) is 3.09. The molecule has 0 aliphatic carbocycles. The Labute approximate surface area is 216 Å². The molecule has 2 aliphatic rings. The van der Waals surface area contributed by atoms with Gasteiger partial charge in [0.15, 0.2) is 0 Å². The maximum absolute atomic E-state index is 5.04. The van der Waals surface area contributed by atoms with Crippen molar-refractivity contribution in [3.8, 4) is 12.8 Å². The molecule has 2 saturated heterocycles. The number of aliphatic imine (C=N–C) groups is 1. The van der Waals surface area contributed by atoms with E-state index in [2.05, 4.69) is 79.7 Å². The number of rotatable bonds is 11. The summed E-state index contributed by atoms with van der Waals surface area (Å²) in [5, 5.41) is 0. The molecule has 0 aromatic carbocycles. The van der Waals surface area contributed by atoms with Gasteiger partial charge in [0.25, 0.3) is 0 Å². The standard InChI is InChI=1S/C28H48N4O.C2H2/c1-6-7-15-31-19-21-32(22-20-31)26(4)27-13-17-30(16-11-9-8-10-12-23-33-5)18-14-28(27)29-24-25(2)3;1-2/h8-10,12,24H,6-7,11,13-23H2,1-5H3;1-2H/b9-8-,12-10-,27-26+,29-28?;. The largest absolute Gasteiger partial charge is 0.381 e. The molecule has 0 unspecified atom stereocenters. The van der Waals surface area contributed by atoms with Crippen LogP contribution in [-0.4, -0.2) is 86.5 Å². The second kappa shape index (κ2) is 19.1. The predicted octanol–water partition coefficient (Wildman–Crippen LogP) is 5.54. The van der Waals surface area contributed by atoms with Gasteiger partial charge in [0, 0.05) is 77.0 Å². The van der Waals surface area contributed by atoms with Crippen LogP contribution in [0.15, 0.2) is 52.3 Å². The molecule has 2 rings (SSSR count). The lowest BCUT2D eigenvalue weighted by Gasteiger charge is -2.37. The van der Waals surface area contributed by atoms with Crippen molar-refractivity contribution in [1.29, 1.82) is 0 Å². The highest BCUT2D eigenvalue weighted by Crippen LogP contribution is 2.23. The zero-order valence-electron chi connectivity index (χ0n) is 23.1. The summed E-state index contributed by atoms with van der Waals surface area (Å²) < 4.78 is 5.04. The molecule has 0 bridgehead atoms. The number of likely N-dealkylation sites (tertiary alicyclic amines) is 1. The van der Waals surface area contributed by atoms with E-state index in [1.54, 1.807) is 7.11 Å². The second-order valence-electron chi connectivity index (χ2n) is 9.47. The van der Waals surface area contributed by atoms with Crippen LogP contribution in [0, 0.1) is 12.8 Å². The molecule has 0 saturated carbocycles. The van der Waals surface area contributed by atoms with Gasteiger partial charge in [-0.15, -0.1) is 12.8 Å². The molecule has 2 heterocycles. The van der Waals surface area contributed by atoms with E-state index in [4.69, 9.17) is 9.73 Å². The molecule has 196 valence electrons. The molecule has 2 fully saturated rings. The minimum atomic E-state index is 0.673. The predicted molar refractivity (Wildman–Crippen MR) is 153 cm³/mol. The third kappa shape index (κ3) is 12.4. The van der Waals surface area contributed by atoms with E-state index in [1.807, 2.05) is 6.08 Å². The Bertz CT molecular complexity index is 748. The molecule has 5 heteroatoms. The van der Waals surface area contributed by atoms with E-state index in [9.17, 15) is 0 Å². The number of methoxy groups -OCH3 is 1. The van der Waals surface area contributed by atoms with Crippen molar-refractivity contribution in [3.63, 3.8) is 0 Å². The maximum atomic E-state index is 5.04. The smallest absolute Gasteiger partial charge is 0.0646 e. The molecular weight excluding hydrogens is 432 g/mol. The summed E-state index contributed by atoms with van der Waals surface area (Å²) in [7, 11) is 1.72. The van der Waals surface area contributed by atoms with Crippen LogP contribution in [0.2, 0.25) is 0 Å². The van der Waals surface area contributed by atoms with Gasteiger partial charge in [0.1, 0.15) is 0 Å². The third-order valence-electron chi connectivity index (χ3n) is 6.54. The summed E-state index contributed by atoms with van der Waals surface area (Å²) in [5.74, 6) is 0. The summed E-state index contributed by atoms with van der Waals surface area (Å²) in [6, 6.07) is 0. The zero-order chi connectivity index (χ0) is 25.9. The Kier molecular flexibility index (Phi) is 16.9. The fourth-order valence-electron chi connectivity index (χ4n) is 4.45. The van der Waals surface area contributed by atoms with Crippen molar-refractivity contribution in [2.75, 3.05) is 66.1 Å². The molecule has 5 nitrogen and oxygen atoms in total. The van der Waals surface area contributed by atoms with Crippen LogP contribution in [0.1, 0.15) is 59.8 Å². The number of hydrogen-bond donors (Lipinski definition) is 0. The number of piperazine rings is 1. The number of allylic oxidation sites excluding steroid dienone is 4. The van der Waals surface area contributed by atoms with Gasteiger partial charge >= 0.3 is 0 Å². The highest BCUT2D eigenvalue weighted by molar-refractivity contribution is 6.01. The molecule has 0 atom stereocenters. The highest BCUT2D eigenvalue weighted by atomic mass is 16.5. The number of nitrogens with zero attached hydrogens (tertiary/aromatic N) is 4. The van der Waals surface area contributed by atoms with Crippen LogP contribution < -0.4 is 0 Å². The Balaban J connectivity index is 0.00000298. The van der Waals surface area contributed by atoms with Crippen molar-refractivity contribution >= 4 is 5.71 Å². The van der Waals surface area contributed by atoms with E-state index in [-0.39, 0.29) is 0 Å². The first-order valence-electron chi connectivity index (χ1n) is 13.3. The van der Waals surface area contributed by atoms with E-state index in [0.29, 0.717) is 6.61 Å². The first kappa shape index (κ1) is 30.9. The Hall–Kier alpha value is -2.13. The molecular formula is C30H50N4O. The molecule has 0 aromatic heterocycles. The lowest BCUT2D eigenvalue weighted by atomic mass is 10.0. The number of terminal acetylenes is 1. The van der Waals surface area contributed by atoms with E-state index in [1.165, 1.54) is 55.0 Å². The van der Waals surface area contributed by atoms with Crippen LogP contribution in [0.25, 0.3) is 0 Å². The zero-order valence-corrected chi connectivity index (χ0v) is 23.1. The molecule has 0 amide bonds. The van der Waals surface area contributed by atoms with E-state index >= 15 is 0 Å². The van der Waals surface area contributed by atoms with Crippen LogP contribution >= 0.6 is 0 Å². The minimum Gasteiger partial charge on any atom is -0.381 e. The SMILES string of the molecule is C#C.CCCCN1CCN(/C(C)=C2\CCN(CC/C=C\C=C/COC)CCC2=NC=C(C)C)CC1. The van der Waals surface area contributed by atoms with Crippen molar-refractivity contribution in [2.45, 2.75) is 59.8 Å². The van der Waals surface area contributed by atoms with E-state index < -0.39 is 0 Å². The highest BCUT2D eigenvalue weighted by Gasteiger charge is 2.23. The van der Waals surface area contributed by atoms with Gasteiger partial charge in [-0.25, -0.2) is 0 Å². The first-order valence-corrected chi connectivity index (χ1v) is 13.3. The Morgan fingerprint density at radius 1 is 0.914 bits per heavy atom. The number of unbranched alkanes of at least 4 members (excludes halogenated alkanes) is 1. The van der Waals surface area contributed by atoms with Gasteiger partial charge in [-0.3, -0.25) is 9.89 Å². The number of ether oxygens (including phenoxy) is 1. The van der Waals surface area contributed by atoms with Gasteiger partial charge in [-0.2, -0.15) is 0 Å². The molecule has 0 radical (unpaired) electrons. The van der Waals surface area contributed by atoms with Crippen molar-refractivity contribution in [2.24, 2.45) is 4.99 Å². The lowest BCUT2D eigenvalue weighted by molar-refractivity contribution is 0.156. The quantitative estimate of drug-likeness (QED) is 0.286. The van der Waals surface area contributed by atoms with Crippen molar-refractivity contribution in [1.82, 2.24) is 14.7 Å². The molecule has 0 spiro atoms. The topological polar surface area (TPSA) is 31.3 Å². The summed E-state index contributed by atoms with van der Waals surface area (Å²) in [5.41, 5.74) is 5.49. The number of hydrogen-bond acceptors (Lipinski definition) is 5. The normalized spacial score (nSPS) is 20.7. The Morgan fingerprint density at radius 2 is 1.57 bits per heavy atom. The summed E-state index contributed by atoms with van der Waals surface area (Å²) in [6.45, 7) is 18.8. The van der Waals surface area contributed by atoms with Gasteiger partial charge in [0.2, 0.25) is 0 Å². The van der Waals surface area contributed by atoms with Crippen molar-refractivity contribution < 1.29 is 4.74 Å². The van der Waals surface area contributed by atoms with Crippen LogP contribution in [0.4, 0.5) is 0 Å². The van der Waals surface area contributed by atoms with Crippen LogP contribution in [0.5, 0.6) is 0 Å².